The molecule has 0 fully saturated rings. The second-order valence-corrected chi connectivity index (χ2v) is 3.51. The lowest BCUT2D eigenvalue weighted by Crippen LogP contribution is -2.11. The fourth-order valence-corrected chi connectivity index (χ4v) is 1.35. The summed E-state index contributed by atoms with van der Waals surface area (Å²) in [6.45, 7) is 0.709. The number of carbonyl (C=O) groups excluding carboxylic acids is 1. The van der Waals surface area contributed by atoms with Crippen LogP contribution in [0, 0.1) is 0 Å². The zero-order valence-electron chi connectivity index (χ0n) is 9.32. The van der Waals surface area contributed by atoms with E-state index in [1.807, 2.05) is 30.3 Å². The van der Waals surface area contributed by atoms with E-state index in [1.165, 1.54) is 0 Å². The van der Waals surface area contributed by atoms with E-state index in [0.29, 0.717) is 13.0 Å². The molecule has 3 nitrogen and oxygen atoms in total. The summed E-state index contributed by atoms with van der Waals surface area (Å²) >= 11 is 0. The molecule has 3 N–H and O–H groups in total. The van der Waals surface area contributed by atoms with Gasteiger partial charge >= 0.3 is 0 Å². The molecule has 0 aliphatic carbocycles. The maximum atomic E-state index is 11.4. The van der Waals surface area contributed by atoms with Gasteiger partial charge in [-0.15, -0.1) is 12.4 Å². The van der Waals surface area contributed by atoms with Gasteiger partial charge in [-0.25, -0.2) is 0 Å². The van der Waals surface area contributed by atoms with Gasteiger partial charge in [0.2, 0.25) is 5.91 Å². The predicted molar refractivity (Wildman–Crippen MR) is 69.8 cm³/mol. The molecule has 1 aromatic rings. The van der Waals surface area contributed by atoms with Crippen LogP contribution in [0.15, 0.2) is 30.3 Å². The Bertz CT molecular complexity index is 290. The maximum Gasteiger partial charge on any atom is 0.224 e. The van der Waals surface area contributed by atoms with Crippen LogP contribution < -0.4 is 11.1 Å². The number of benzene rings is 1. The number of hydrogen-bond donors (Lipinski definition) is 2. The molecule has 1 rings (SSSR count). The Morgan fingerprint density at radius 2 is 1.81 bits per heavy atom. The lowest BCUT2D eigenvalue weighted by atomic mass is 10.2. The van der Waals surface area contributed by atoms with Gasteiger partial charge < -0.3 is 11.1 Å². The molecule has 0 atom stereocenters. The summed E-state index contributed by atoms with van der Waals surface area (Å²) < 4.78 is 0. The molecule has 0 spiro atoms. The monoisotopic (exact) mass is 242 g/mol. The van der Waals surface area contributed by atoms with Crippen molar-refractivity contribution in [2.24, 2.45) is 5.73 Å². The largest absolute Gasteiger partial charge is 0.330 e. The first-order valence-electron chi connectivity index (χ1n) is 5.38. The van der Waals surface area contributed by atoms with Crippen molar-refractivity contribution in [3.8, 4) is 0 Å². The Morgan fingerprint density at radius 1 is 1.12 bits per heavy atom. The summed E-state index contributed by atoms with van der Waals surface area (Å²) in [6, 6.07) is 9.51. The Morgan fingerprint density at radius 3 is 2.44 bits per heavy atom. The average molecular weight is 243 g/mol. The van der Waals surface area contributed by atoms with Crippen molar-refractivity contribution in [2.75, 3.05) is 11.9 Å². The van der Waals surface area contributed by atoms with E-state index < -0.39 is 0 Å². The number of nitrogens with one attached hydrogen (secondary N) is 1. The van der Waals surface area contributed by atoms with Crippen LogP contribution in [-0.4, -0.2) is 12.5 Å². The fourth-order valence-electron chi connectivity index (χ4n) is 1.35. The summed E-state index contributed by atoms with van der Waals surface area (Å²) in [5, 5.41) is 2.85. The van der Waals surface area contributed by atoms with Crippen LogP contribution >= 0.6 is 12.4 Å². The molecule has 4 heteroatoms. The van der Waals surface area contributed by atoms with Gasteiger partial charge in [-0.3, -0.25) is 4.79 Å². The highest BCUT2D eigenvalue weighted by atomic mass is 35.5. The predicted octanol–water partition coefficient (Wildman–Crippen LogP) is 2.57. The number of halogens is 1. The first kappa shape index (κ1) is 14.9. The molecular weight excluding hydrogens is 224 g/mol. The van der Waals surface area contributed by atoms with Crippen molar-refractivity contribution in [2.45, 2.75) is 25.7 Å². The quantitative estimate of drug-likeness (QED) is 0.754. The lowest BCUT2D eigenvalue weighted by Gasteiger charge is -2.04. The number of amides is 1. The highest BCUT2D eigenvalue weighted by Gasteiger charge is 2.00. The number of anilines is 1. The van der Waals surface area contributed by atoms with Crippen LogP contribution in [0.25, 0.3) is 0 Å². The summed E-state index contributed by atoms with van der Waals surface area (Å²) in [5.41, 5.74) is 6.23. The van der Waals surface area contributed by atoms with Crippen molar-refractivity contribution >= 4 is 24.0 Å². The van der Waals surface area contributed by atoms with Crippen molar-refractivity contribution in [1.29, 1.82) is 0 Å². The van der Waals surface area contributed by atoms with E-state index in [2.05, 4.69) is 5.32 Å². The first-order chi connectivity index (χ1) is 7.33. The van der Waals surface area contributed by atoms with Gasteiger partial charge in [-0.05, 0) is 31.5 Å². The van der Waals surface area contributed by atoms with E-state index in [1.54, 1.807) is 0 Å². The third-order valence-electron chi connectivity index (χ3n) is 2.17. The van der Waals surface area contributed by atoms with Crippen LogP contribution in [0.3, 0.4) is 0 Å². The van der Waals surface area contributed by atoms with Gasteiger partial charge in [-0.1, -0.05) is 24.6 Å². The number of hydrogen-bond acceptors (Lipinski definition) is 2. The average Bonchev–Trinajstić information content (AvgIpc) is 2.26. The summed E-state index contributed by atoms with van der Waals surface area (Å²) in [4.78, 5) is 11.4. The number of carbonyl (C=O) groups is 1. The summed E-state index contributed by atoms with van der Waals surface area (Å²) in [5.74, 6) is 0.0817. The first-order valence-corrected chi connectivity index (χ1v) is 5.38. The summed E-state index contributed by atoms with van der Waals surface area (Å²) in [7, 11) is 0. The zero-order valence-corrected chi connectivity index (χ0v) is 10.1. The number of unbranched alkanes of at least 4 members (excludes halogenated alkanes) is 2. The molecule has 0 heterocycles. The molecule has 0 radical (unpaired) electrons. The van der Waals surface area contributed by atoms with Crippen molar-refractivity contribution < 1.29 is 4.79 Å². The number of nitrogens with two attached hydrogens (primary N) is 1. The van der Waals surface area contributed by atoms with E-state index >= 15 is 0 Å². The topological polar surface area (TPSA) is 55.1 Å². The zero-order chi connectivity index (χ0) is 10.9. The molecule has 90 valence electrons. The molecule has 0 aromatic heterocycles. The molecule has 0 aliphatic rings. The van der Waals surface area contributed by atoms with Gasteiger partial charge in [0.25, 0.3) is 0 Å². The molecule has 0 saturated carbocycles. The second kappa shape index (κ2) is 9.19. The fraction of sp³-hybridized carbons (Fsp3) is 0.417. The lowest BCUT2D eigenvalue weighted by molar-refractivity contribution is -0.116. The van der Waals surface area contributed by atoms with Gasteiger partial charge in [-0.2, -0.15) is 0 Å². The van der Waals surface area contributed by atoms with E-state index in [9.17, 15) is 4.79 Å². The van der Waals surface area contributed by atoms with Crippen molar-refractivity contribution in [1.82, 2.24) is 0 Å². The van der Waals surface area contributed by atoms with E-state index in [-0.39, 0.29) is 18.3 Å². The Kier molecular flexibility index (Phi) is 8.58. The maximum absolute atomic E-state index is 11.4. The van der Waals surface area contributed by atoms with Gasteiger partial charge in [0, 0.05) is 12.1 Å². The highest BCUT2D eigenvalue weighted by Crippen LogP contribution is 2.07. The van der Waals surface area contributed by atoms with Crippen LogP contribution in [0.5, 0.6) is 0 Å². The number of rotatable bonds is 6. The molecular formula is C12H19ClN2O. The third-order valence-corrected chi connectivity index (χ3v) is 2.17. The minimum absolute atomic E-state index is 0. The Balaban J connectivity index is 0.00000225. The van der Waals surface area contributed by atoms with Crippen LogP contribution in [0.4, 0.5) is 5.69 Å². The summed E-state index contributed by atoms with van der Waals surface area (Å²) in [6.07, 6.45) is 3.52. The van der Waals surface area contributed by atoms with Crippen molar-refractivity contribution in [3.05, 3.63) is 30.3 Å². The Hall–Kier alpha value is -1.06. The van der Waals surface area contributed by atoms with Gasteiger partial charge in [0.05, 0.1) is 0 Å². The van der Waals surface area contributed by atoms with Crippen molar-refractivity contribution in [3.63, 3.8) is 0 Å². The minimum atomic E-state index is 0. The molecule has 0 bridgehead atoms. The second-order valence-electron chi connectivity index (χ2n) is 3.51. The molecule has 0 unspecified atom stereocenters. The minimum Gasteiger partial charge on any atom is -0.330 e. The standard InChI is InChI=1S/C12H18N2O.ClH/c13-10-6-2-5-9-12(15)14-11-7-3-1-4-8-11;/h1,3-4,7-8H,2,5-6,9-10,13H2,(H,14,15);1H. The molecule has 0 aliphatic heterocycles. The normalized spacial score (nSPS) is 9.31. The molecule has 1 aromatic carbocycles. The van der Waals surface area contributed by atoms with Crippen LogP contribution in [0.2, 0.25) is 0 Å². The third kappa shape index (κ3) is 6.43. The smallest absolute Gasteiger partial charge is 0.224 e. The Labute approximate surface area is 103 Å². The molecule has 0 saturated heterocycles. The van der Waals surface area contributed by atoms with Gasteiger partial charge in [0.1, 0.15) is 0 Å². The van der Waals surface area contributed by atoms with Crippen LogP contribution in [-0.2, 0) is 4.79 Å². The SMILES string of the molecule is Cl.NCCCCCC(=O)Nc1ccccc1. The van der Waals surface area contributed by atoms with E-state index in [0.717, 1.165) is 24.9 Å². The van der Waals surface area contributed by atoms with Crippen LogP contribution in [0.1, 0.15) is 25.7 Å². The number of para-hydroxylation sites is 1. The molecule has 1 amide bonds. The highest BCUT2D eigenvalue weighted by molar-refractivity contribution is 5.90. The van der Waals surface area contributed by atoms with Gasteiger partial charge in [0.15, 0.2) is 0 Å². The van der Waals surface area contributed by atoms with E-state index in [4.69, 9.17) is 5.73 Å². The molecule has 16 heavy (non-hydrogen) atoms.